The number of rotatable bonds is 2. The van der Waals surface area contributed by atoms with Gasteiger partial charge in [0.05, 0.1) is 12.1 Å². The van der Waals surface area contributed by atoms with Gasteiger partial charge >= 0.3 is 0 Å². The zero-order valence-corrected chi connectivity index (χ0v) is 16.4. The predicted octanol–water partition coefficient (Wildman–Crippen LogP) is 6.04. The molecule has 0 bridgehead atoms. The lowest BCUT2D eigenvalue weighted by atomic mass is 10.1. The Kier molecular flexibility index (Phi) is 3.94. The van der Waals surface area contributed by atoms with Gasteiger partial charge in [0.15, 0.2) is 0 Å². The summed E-state index contributed by atoms with van der Waals surface area (Å²) in [6.45, 7) is 6.43. The molecule has 0 fully saturated rings. The monoisotopic (exact) mass is 450 g/mol. The van der Waals surface area contributed by atoms with Crippen LogP contribution < -0.4 is 0 Å². The quantitative estimate of drug-likeness (QED) is 0.424. The fourth-order valence-electron chi connectivity index (χ4n) is 3.48. The van der Waals surface area contributed by atoms with Gasteiger partial charge in [0, 0.05) is 25.9 Å². The summed E-state index contributed by atoms with van der Waals surface area (Å²) in [7, 11) is 0. The summed E-state index contributed by atoms with van der Waals surface area (Å²) in [5.41, 5.74) is 5.07. The van der Waals surface area contributed by atoms with Crippen molar-refractivity contribution >= 4 is 39.5 Å². The lowest BCUT2D eigenvalue weighted by Gasteiger charge is -2.15. The molecule has 0 atom stereocenters. The fourth-order valence-corrected chi connectivity index (χ4v) is 4.78. The molecule has 25 heavy (non-hydrogen) atoms. The molecule has 0 N–H and O–H groups in total. The van der Waals surface area contributed by atoms with Gasteiger partial charge in [0.2, 0.25) is 5.97 Å². The van der Waals surface area contributed by atoms with Crippen LogP contribution in [0.1, 0.15) is 42.1 Å². The fraction of sp³-hybridized carbons (Fsp3) is 0.250. The van der Waals surface area contributed by atoms with Gasteiger partial charge in [-0.1, -0.05) is 13.8 Å². The molecule has 2 aromatic carbocycles. The van der Waals surface area contributed by atoms with Crippen LogP contribution in [-0.2, 0) is 6.54 Å². The zero-order chi connectivity index (χ0) is 17.9. The molecule has 0 unspecified atom stereocenters. The second-order valence-electron chi connectivity index (χ2n) is 6.76. The van der Waals surface area contributed by atoms with E-state index in [2.05, 4.69) is 46.0 Å². The Bertz CT molecular complexity index is 1050. The number of halogens is 3. The molecule has 2 heterocycles. The standard InChI is InChI=1S/C20H17F2IN2/c1-10(2)19-18(23)15-7-12-9-24-20(22)14(12)8-17(15)25(19)13-4-5-16(21)11(3)6-13/h4-8,10H,9H2,1-3H3. The van der Waals surface area contributed by atoms with Crippen LogP contribution in [0.2, 0.25) is 0 Å². The van der Waals surface area contributed by atoms with Crippen LogP contribution in [0.15, 0.2) is 35.3 Å². The minimum atomic E-state index is -0.402. The van der Waals surface area contributed by atoms with E-state index in [0.29, 0.717) is 17.7 Å². The molecular weight excluding hydrogens is 433 g/mol. The minimum absolute atomic E-state index is 0.222. The molecule has 4 rings (SSSR count). The highest BCUT2D eigenvalue weighted by atomic mass is 127. The maximum absolute atomic E-state index is 14.1. The Labute approximate surface area is 158 Å². The first-order valence-electron chi connectivity index (χ1n) is 8.22. The number of aryl methyl sites for hydroxylation is 1. The van der Waals surface area contributed by atoms with Crippen molar-refractivity contribution in [2.24, 2.45) is 4.99 Å². The van der Waals surface area contributed by atoms with Gasteiger partial charge in [-0.25, -0.2) is 4.39 Å². The van der Waals surface area contributed by atoms with Crippen molar-refractivity contribution in [3.05, 3.63) is 62.1 Å². The summed E-state index contributed by atoms with van der Waals surface area (Å²) < 4.78 is 31.1. The van der Waals surface area contributed by atoms with Crippen molar-refractivity contribution in [1.29, 1.82) is 0 Å². The molecule has 0 saturated carbocycles. The van der Waals surface area contributed by atoms with Crippen LogP contribution in [0.4, 0.5) is 8.78 Å². The third-order valence-electron chi connectivity index (χ3n) is 4.72. The van der Waals surface area contributed by atoms with Crippen molar-refractivity contribution in [3.8, 4) is 5.69 Å². The molecule has 0 radical (unpaired) electrons. The van der Waals surface area contributed by atoms with E-state index in [-0.39, 0.29) is 11.7 Å². The first kappa shape index (κ1) is 16.7. The number of nitrogens with zero attached hydrogens (tertiary/aromatic N) is 2. The van der Waals surface area contributed by atoms with Gasteiger partial charge in [-0.15, -0.1) is 0 Å². The van der Waals surface area contributed by atoms with E-state index in [0.717, 1.165) is 31.4 Å². The molecule has 1 aliphatic heterocycles. The van der Waals surface area contributed by atoms with Gasteiger partial charge in [0.25, 0.3) is 0 Å². The van der Waals surface area contributed by atoms with Crippen LogP contribution in [0.5, 0.6) is 0 Å². The molecule has 0 amide bonds. The molecular formula is C20H17F2IN2. The Morgan fingerprint density at radius 2 is 1.92 bits per heavy atom. The predicted molar refractivity (Wildman–Crippen MR) is 106 cm³/mol. The minimum Gasteiger partial charge on any atom is -0.312 e. The Morgan fingerprint density at radius 1 is 1.16 bits per heavy atom. The van der Waals surface area contributed by atoms with Gasteiger partial charge < -0.3 is 4.57 Å². The Morgan fingerprint density at radius 3 is 2.60 bits per heavy atom. The van der Waals surface area contributed by atoms with Crippen LogP contribution >= 0.6 is 22.6 Å². The molecule has 0 saturated heterocycles. The first-order valence-corrected chi connectivity index (χ1v) is 9.30. The molecule has 128 valence electrons. The second-order valence-corrected chi connectivity index (χ2v) is 7.84. The first-order chi connectivity index (χ1) is 11.9. The summed E-state index contributed by atoms with van der Waals surface area (Å²) in [4.78, 5) is 3.91. The number of hydrogen-bond donors (Lipinski definition) is 0. The SMILES string of the molecule is Cc1cc(-n2c(C(C)C)c(I)c3cc4c(cc32)C(F)=NC4)ccc1F. The number of aromatic nitrogens is 1. The summed E-state index contributed by atoms with van der Waals surface area (Å²) in [6, 6.07) is 9.03. The molecule has 0 aliphatic carbocycles. The lowest BCUT2D eigenvalue weighted by Crippen LogP contribution is -2.04. The molecule has 3 aromatic rings. The van der Waals surface area contributed by atoms with E-state index >= 15 is 0 Å². The van der Waals surface area contributed by atoms with E-state index in [1.54, 1.807) is 13.0 Å². The van der Waals surface area contributed by atoms with Crippen LogP contribution in [-0.4, -0.2) is 10.5 Å². The van der Waals surface area contributed by atoms with E-state index in [1.165, 1.54) is 6.07 Å². The topological polar surface area (TPSA) is 17.3 Å². The van der Waals surface area contributed by atoms with Gasteiger partial charge in [-0.2, -0.15) is 4.39 Å². The largest absolute Gasteiger partial charge is 0.312 e. The number of benzene rings is 2. The third-order valence-corrected chi connectivity index (χ3v) is 5.86. The zero-order valence-electron chi connectivity index (χ0n) is 14.2. The van der Waals surface area contributed by atoms with Gasteiger partial charge in [0.1, 0.15) is 5.82 Å². The lowest BCUT2D eigenvalue weighted by molar-refractivity contribution is 0.618. The maximum atomic E-state index is 14.1. The van der Waals surface area contributed by atoms with E-state index in [4.69, 9.17) is 0 Å². The van der Waals surface area contributed by atoms with Crippen LogP contribution in [0.3, 0.4) is 0 Å². The smallest absolute Gasteiger partial charge is 0.216 e. The highest BCUT2D eigenvalue weighted by molar-refractivity contribution is 14.1. The highest BCUT2D eigenvalue weighted by Gasteiger charge is 2.24. The van der Waals surface area contributed by atoms with E-state index in [9.17, 15) is 8.78 Å². The molecule has 5 heteroatoms. The maximum Gasteiger partial charge on any atom is 0.216 e. The van der Waals surface area contributed by atoms with E-state index < -0.39 is 5.97 Å². The van der Waals surface area contributed by atoms with Crippen molar-refractivity contribution < 1.29 is 8.78 Å². The summed E-state index contributed by atoms with van der Waals surface area (Å²) in [6.07, 6.45) is 0. The summed E-state index contributed by atoms with van der Waals surface area (Å²) >= 11 is 2.36. The highest BCUT2D eigenvalue weighted by Crippen LogP contribution is 2.38. The Hall–Kier alpha value is -1.76. The summed E-state index contributed by atoms with van der Waals surface area (Å²) in [5.74, 6) is -0.348. The van der Waals surface area contributed by atoms with Gasteiger partial charge in [-0.05, 0) is 76.9 Å². The molecule has 2 nitrogen and oxygen atoms in total. The molecule has 0 spiro atoms. The van der Waals surface area contributed by atoms with E-state index in [1.807, 2.05) is 18.2 Å². The average Bonchev–Trinajstić information content (AvgIpc) is 3.07. The van der Waals surface area contributed by atoms with Crippen LogP contribution in [0.25, 0.3) is 16.6 Å². The number of hydrogen-bond acceptors (Lipinski definition) is 1. The summed E-state index contributed by atoms with van der Waals surface area (Å²) in [5, 5.41) is 1.09. The van der Waals surface area contributed by atoms with Crippen molar-refractivity contribution in [3.63, 3.8) is 0 Å². The van der Waals surface area contributed by atoms with Crippen molar-refractivity contribution in [2.45, 2.75) is 33.2 Å². The number of aliphatic imine (C=N–C) groups is 1. The Balaban J connectivity index is 2.10. The van der Waals surface area contributed by atoms with Gasteiger partial charge in [-0.3, -0.25) is 4.99 Å². The van der Waals surface area contributed by atoms with Crippen molar-refractivity contribution in [1.82, 2.24) is 4.57 Å². The average molecular weight is 450 g/mol. The number of fused-ring (bicyclic) bond motifs is 2. The third kappa shape index (κ3) is 2.51. The molecule has 1 aliphatic rings. The second kappa shape index (κ2) is 5.90. The molecule has 1 aromatic heterocycles. The van der Waals surface area contributed by atoms with Crippen molar-refractivity contribution in [2.75, 3.05) is 0 Å². The normalized spacial score (nSPS) is 13.6. The van der Waals surface area contributed by atoms with Crippen LogP contribution in [0, 0.1) is 16.3 Å².